The monoisotopic (exact) mass is 277 g/mol. The molecule has 0 saturated carbocycles. The first kappa shape index (κ1) is 13.5. The fourth-order valence-electron chi connectivity index (χ4n) is 1.51. The van der Waals surface area contributed by atoms with Crippen LogP contribution in [0.15, 0.2) is 18.6 Å². The van der Waals surface area contributed by atoms with Gasteiger partial charge in [0.25, 0.3) is 5.91 Å². The number of unbranched alkanes of at least 4 members (excludes halogenated alkanes) is 2. The van der Waals surface area contributed by atoms with Crippen LogP contribution in [0.4, 0.5) is 5.13 Å². The Hall–Kier alpha value is -1.89. The molecule has 0 aliphatic carbocycles. The number of nitrogens with one attached hydrogen (secondary N) is 1. The van der Waals surface area contributed by atoms with Crippen LogP contribution in [-0.2, 0) is 6.42 Å². The summed E-state index contributed by atoms with van der Waals surface area (Å²) in [4.78, 5) is 19.6. The largest absolute Gasteiger partial charge is 0.295 e. The maximum absolute atomic E-state index is 11.8. The van der Waals surface area contributed by atoms with Gasteiger partial charge in [0.1, 0.15) is 10.7 Å². The minimum absolute atomic E-state index is 0.269. The summed E-state index contributed by atoms with van der Waals surface area (Å²) in [6, 6.07) is 0. The number of aromatic nitrogens is 4. The molecule has 6 nitrogen and oxygen atoms in total. The second kappa shape index (κ2) is 6.89. The van der Waals surface area contributed by atoms with Crippen molar-refractivity contribution in [2.75, 3.05) is 5.32 Å². The van der Waals surface area contributed by atoms with Crippen LogP contribution in [0.2, 0.25) is 0 Å². The second-order valence-electron chi connectivity index (χ2n) is 4.00. The van der Waals surface area contributed by atoms with Gasteiger partial charge in [0, 0.05) is 18.8 Å². The Morgan fingerprint density at radius 1 is 1.32 bits per heavy atom. The molecule has 2 aromatic heterocycles. The highest BCUT2D eigenvalue weighted by Gasteiger charge is 2.11. The van der Waals surface area contributed by atoms with Gasteiger partial charge in [-0.3, -0.25) is 15.1 Å². The molecule has 0 atom stereocenters. The Labute approximate surface area is 115 Å². The molecule has 2 heterocycles. The van der Waals surface area contributed by atoms with Crippen LogP contribution >= 0.6 is 11.3 Å². The zero-order valence-corrected chi connectivity index (χ0v) is 11.5. The normalized spacial score (nSPS) is 10.4. The molecule has 1 N–H and O–H groups in total. The summed E-state index contributed by atoms with van der Waals surface area (Å²) in [5.74, 6) is -0.315. The van der Waals surface area contributed by atoms with E-state index in [2.05, 4.69) is 32.4 Å². The van der Waals surface area contributed by atoms with Crippen LogP contribution in [0.1, 0.15) is 41.7 Å². The Morgan fingerprint density at radius 3 is 2.95 bits per heavy atom. The fraction of sp³-hybridized carbons (Fsp3) is 0.417. The van der Waals surface area contributed by atoms with Crippen LogP contribution in [0.25, 0.3) is 0 Å². The quantitative estimate of drug-likeness (QED) is 0.819. The molecule has 7 heteroatoms. The van der Waals surface area contributed by atoms with Gasteiger partial charge >= 0.3 is 0 Å². The maximum atomic E-state index is 11.8. The van der Waals surface area contributed by atoms with Crippen molar-refractivity contribution in [3.8, 4) is 0 Å². The molecule has 2 rings (SSSR count). The third-order valence-corrected chi connectivity index (χ3v) is 3.38. The summed E-state index contributed by atoms with van der Waals surface area (Å²) in [5, 5.41) is 12.1. The molecule has 0 spiro atoms. The minimum Gasteiger partial charge on any atom is -0.295 e. The SMILES string of the molecule is CCCCCc1nnc(NC(=O)c2cnccn2)s1. The van der Waals surface area contributed by atoms with Gasteiger partial charge in [-0.25, -0.2) is 4.98 Å². The van der Waals surface area contributed by atoms with Gasteiger partial charge < -0.3 is 0 Å². The van der Waals surface area contributed by atoms with E-state index in [4.69, 9.17) is 0 Å². The molecule has 0 aliphatic rings. The smallest absolute Gasteiger partial charge is 0.277 e. The van der Waals surface area contributed by atoms with Gasteiger partial charge in [0.2, 0.25) is 5.13 Å². The maximum Gasteiger partial charge on any atom is 0.277 e. The first-order valence-corrected chi connectivity index (χ1v) is 7.01. The van der Waals surface area contributed by atoms with E-state index in [-0.39, 0.29) is 11.6 Å². The van der Waals surface area contributed by atoms with E-state index in [1.165, 1.54) is 42.8 Å². The summed E-state index contributed by atoms with van der Waals surface area (Å²) in [6.45, 7) is 2.16. The molecular formula is C12H15N5OS. The Balaban J connectivity index is 1.91. The molecule has 0 radical (unpaired) electrons. The molecule has 100 valence electrons. The van der Waals surface area contributed by atoms with E-state index in [0.29, 0.717) is 5.13 Å². The molecule has 0 aliphatic heterocycles. The lowest BCUT2D eigenvalue weighted by Crippen LogP contribution is -2.13. The number of anilines is 1. The molecule has 0 bridgehead atoms. The predicted molar refractivity (Wildman–Crippen MR) is 73.1 cm³/mol. The number of nitrogens with zero attached hydrogens (tertiary/aromatic N) is 4. The van der Waals surface area contributed by atoms with Gasteiger partial charge in [-0.05, 0) is 6.42 Å². The van der Waals surface area contributed by atoms with Crippen molar-refractivity contribution in [2.45, 2.75) is 32.6 Å². The van der Waals surface area contributed by atoms with Crippen LogP contribution in [-0.4, -0.2) is 26.1 Å². The van der Waals surface area contributed by atoms with Gasteiger partial charge in [-0.1, -0.05) is 31.1 Å². The lowest BCUT2D eigenvalue weighted by atomic mass is 10.2. The third kappa shape index (κ3) is 4.06. The average Bonchev–Trinajstić information content (AvgIpc) is 2.88. The van der Waals surface area contributed by atoms with E-state index in [1.807, 2.05) is 0 Å². The van der Waals surface area contributed by atoms with Crippen molar-refractivity contribution in [1.29, 1.82) is 0 Å². The Morgan fingerprint density at radius 2 is 2.21 bits per heavy atom. The van der Waals surface area contributed by atoms with E-state index in [0.717, 1.165) is 17.8 Å². The van der Waals surface area contributed by atoms with Crippen molar-refractivity contribution < 1.29 is 4.79 Å². The molecular weight excluding hydrogens is 262 g/mol. The first-order chi connectivity index (χ1) is 9.29. The van der Waals surface area contributed by atoms with Gasteiger partial charge in [0.05, 0.1) is 6.20 Å². The zero-order chi connectivity index (χ0) is 13.5. The third-order valence-electron chi connectivity index (χ3n) is 2.48. The lowest BCUT2D eigenvalue weighted by molar-refractivity contribution is 0.102. The molecule has 0 aromatic carbocycles. The second-order valence-corrected chi connectivity index (χ2v) is 5.06. The summed E-state index contributed by atoms with van der Waals surface area (Å²) in [5.41, 5.74) is 0.269. The van der Waals surface area contributed by atoms with Crippen LogP contribution < -0.4 is 5.32 Å². The zero-order valence-electron chi connectivity index (χ0n) is 10.7. The minimum atomic E-state index is -0.315. The highest BCUT2D eigenvalue weighted by molar-refractivity contribution is 7.15. The van der Waals surface area contributed by atoms with Crippen molar-refractivity contribution in [3.63, 3.8) is 0 Å². The van der Waals surface area contributed by atoms with Crippen LogP contribution in [0.3, 0.4) is 0 Å². The fourth-order valence-corrected chi connectivity index (χ4v) is 2.29. The molecule has 0 saturated heterocycles. The average molecular weight is 277 g/mol. The number of aryl methyl sites for hydroxylation is 1. The number of rotatable bonds is 6. The highest BCUT2D eigenvalue weighted by Crippen LogP contribution is 2.17. The number of carbonyl (C=O) groups excluding carboxylic acids is 1. The number of amides is 1. The lowest BCUT2D eigenvalue weighted by Gasteiger charge is -1.98. The summed E-state index contributed by atoms with van der Waals surface area (Å²) >= 11 is 1.40. The Bertz CT molecular complexity index is 528. The Kier molecular flexibility index (Phi) is 4.91. The number of carbonyl (C=O) groups is 1. The first-order valence-electron chi connectivity index (χ1n) is 6.19. The van der Waals surface area contributed by atoms with Crippen molar-refractivity contribution in [1.82, 2.24) is 20.2 Å². The number of hydrogen-bond acceptors (Lipinski definition) is 6. The van der Waals surface area contributed by atoms with Gasteiger partial charge in [-0.15, -0.1) is 10.2 Å². The summed E-state index contributed by atoms with van der Waals surface area (Å²) < 4.78 is 0. The van der Waals surface area contributed by atoms with Crippen molar-refractivity contribution >= 4 is 22.4 Å². The number of hydrogen-bond donors (Lipinski definition) is 1. The molecule has 0 fully saturated rings. The molecule has 19 heavy (non-hydrogen) atoms. The van der Waals surface area contributed by atoms with E-state index in [1.54, 1.807) is 0 Å². The van der Waals surface area contributed by atoms with Crippen LogP contribution in [0.5, 0.6) is 0 Å². The van der Waals surface area contributed by atoms with E-state index >= 15 is 0 Å². The summed E-state index contributed by atoms with van der Waals surface area (Å²) in [6.07, 6.45) is 8.78. The predicted octanol–water partition coefficient (Wildman–Crippen LogP) is 2.31. The molecule has 0 unspecified atom stereocenters. The topological polar surface area (TPSA) is 80.7 Å². The summed E-state index contributed by atoms with van der Waals surface area (Å²) in [7, 11) is 0. The van der Waals surface area contributed by atoms with Crippen molar-refractivity contribution in [3.05, 3.63) is 29.3 Å². The van der Waals surface area contributed by atoms with Gasteiger partial charge in [0.15, 0.2) is 0 Å². The standard InChI is InChI=1S/C12H15N5OS/c1-2-3-4-5-10-16-17-12(19-10)15-11(18)9-8-13-6-7-14-9/h6-8H,2-5H2,1H3,(H,15,17,18). The van der Waals surface area contributed by atoms with Crippen LogP contribution in [0, 0.1) is 0 Å². The molecule has 2 aromatic rings. The van der Waals surface area contributed by atoms with E-state index < -0.39 is 0 Å². The highest BCUT2D eigenvalue weighted by atomic mass is 32.1. The van der Waals surface area contributed by atoms with Gasteiger partial charge in [-0.2, -0.15) is 0 Å². The van der Waals surface area contributed by atoms with E-state index in [9.17, 15) is 4.79 Å². The van der Waals surface area contributed by atoms with Crippen molar-refractivity contribution in [2.24, 2.45) is 0 Å². The molecule has 1 amide bonds.